The van der Waals surface area contributed by atoms with Crippen molar-refractivity contribution in [1.82, 2.24) is 24.5 Å². The Morgan fingerprint density at radius 1 is 1.15 bits per heavy atom. The topological polar surface area (TPSA) is 99.0 Å². The Morgan fingerprint density at radius 3 is 2.79 bits per heavy atom. The van der Waals surface area contributed by atoms with E-state index < -0.39 is 11.5 Å². The second-order valence-corrected chi connectivity index (χ2v) is 8.66. The van der Waals surface area contributed by atoms with Gasteiger partial charge in [0.1, 0.15) is 11.2 Å². The molecule has 0 saturated carbocycles. The number of aromatic nitrogens is 2. The van der Waals surface area contributed by atoms with E-state index in [0.717, 1.165) is 30.8 Å². The zero-order chi connectivity index (χ0) is 22.9. The minimum Gasteiger partial charge on any atom is -0.350 e. The quantitative estimate of drug-likeness (QED) is 0.636. The fraction of sp³-hybridized carbons (Fsp3) is 0.333. The number of rotatable bonds is 4. The lowest BCUT2D eigenvalue weighted by Gasteiger charge is -2.40. The van der Waals surface area contributed by atoms with Crippen LogP contribution in [0.25, 0.3) is 5.65 Å². The van der Waals surface area contributed by atoms with E-state index in [2.05, 4.69) is 20.5 Å². The number of aryl methyl sites for hydroxylation is 1. The summed E-state index contributed by atoms with van der Waals surface area (Å²) in [5.74, 6) is -0.455. The van der Waals surface area contributed by atoms with Gasteiger partial charge in [0.2, 0.25) is 0 Å². The summed E-state index contributed by atoms with van der Waals surface area (Å²) in [5.41, 5.74) is 1.86. The van der Waals surface area contributed by atoms with Gasteiger partial charge < -0.3 is 15.5 Å². The molecule has 3 amide bonds. The summed E-state index contributed by atoms with van der Waals surface area (Å²) < 4.78 is 1.38. The molecule has 2 N–H and O–H groups in total. The number of nitrogens with one attached hydrogen (secondary N) is 2. The summed E-state index contributed by atoms with van der Waals surface area (Å²) in [6, 6.07) is 13.0. The van der Waals surface area contributed by atoms with Crippen LogP contribution in [0.2, 0.25) is 0 Å². The average Bonchev–Trinajstić information content (AvgIpc) is 3.22. The minimum atomic E-state index is -0.455. The van der Waals surface area contributed by atoms with E-state index in [0.29, 0.717) is 18.7 Å². The van der Waals surface area contributed by atoms with Crippen LogP contribution in [0.15, 0.2) is 59.7 Å². The molecule has 1 aromatic carbocycles. The van der Waals surface area contributed by atoms with Gasteiger partial charge >= 0.3 is 6.03 Å². The molecule has 3 atom stereocenters. The number of fused-ring (bicyclic) bond motifs is 3. The van der Waals surface area contributed by atoms with Crippen LogP contribution >= 0.6 is 0 Å². The monoisotopic (exact) mass is 446 g/mol. The SMILES string of the molecule is Cc1ccn2c(=O)c(C(=O)NCC3CN(C(=O)Nc4ccccc4)C4CCN3C4)cnc2c1. The maximum atomic E-state index is 12.9. The standard InChI is InChI=1S/C24H26N6O3/c1-16-7-10-29-21(11-16)25-13-20(23(29)32)22(31)26-12-19-15-30(18-8-9-28(19)14-18)24(33)27-17-5-3-2-4-6-17/h2-7,10-11,13,18-19H,8-9,12,14-15H2,1H3,(H,26,31)(H,27,33). The van der Waals surface area contributed by atoms with Crippen molar-refractivity contribution in [2.24, 2.45) is 0 Å². The predicted molar refractivity (Wildman–Crippen MR) is 124 cm³/mol. The highest BCUT2D eigenvalue weighted by molar-refractivity contribution is 5.93. The molecule has 2 aliphatic heterocycles. The number of urea groups is 1. The number of hydrogen-bond acceptors (Lipinski definition) is 5. The first-order valence-electron chi connectivity index (χ1n) is 11.1. The first-order valence-corrected chi connectivity index (χ1v) is 11.1. The zero-order valence-corrected chi connectivity index (χ0v) is 18.4. The number of carbonyl (C=O) groups excluding carboxylic acids is 2. The summed E-state index contributed by atoms with van der Waals surface area (Å²) in [5, 5.41) is 5.85. The summed E-state index contributed by atoms with van der Waals surface area (Å²) in [6.07, 6.45) is 3.87. The number of hydrogen-bond donors (Lipinski definition) is 2. The van der Waals surface area contributed by atoms with E-state index >= 15 is 0 Å². The highest BCUT2D eigenvalue weighted by Crippen LogP contribution is 2.25. The van der Waals surface area contributed by atoms with Crippen molar-refractivity contribution in [1.29, 1.82) is 0 Å². The summed E-state index contributed by atoms with van der Waals surface area (Å²) in [4.78, 5) is 46.9. The van der Waals surface area contributed by atoms with Gasteiger partial charge in [-0.3, -0.25) is 18.9 Å². The molecule has 3 unspecified atom stereocenters. The molecule has 0 aliphatic carbocycles. The van der Waals surface area contributed by atoms with Gasteiger partial charge in [0.15, 0.2) is 0 Å². The summed E-state index contributed by atoms with van der Waals surface area (Å²) in [7, 11) is 0. The Balaban J connectivity index is 1.26. The third-order valence-electron chi connectivity index (χ3n) is 6.45. The number of anilines is 1. The van der Waals surface area contributed by atoms with E-state index in [1.165, 1.54) is 10.6 Å². The third-order valence-corrected chi connectivity index (χ3v) is 6.45. The molecule has 2 aromatic heterocycles. The largest absolute Gasteiger partial charge is 0.350 e. The van der Waals surface area contributed by atoms with Gasteiger partial charge in [-0.05, 0) is 43.2 Å². The first-order chi connectivity index (χ1) is 16.0. The maximum Gasteiger partial charge on any atom is 0.322 e. The Kier molecular flexibility index (Phi) is 5.55. The fourth-order valence-electron chi connectivity index (χ4n) is 4.64. The van der Waals surface area contributed by atoms with Crippen LogP contribution in [0.1, 0.15) is 22.3 Å². The third kappa shape index (κ3) is 4.19. The summed E-state index contributed by atoms with van der Waals surface area (Å²) in [6.45, 7) is 4.43. The maximum absolute atomic E-state index is 12.9. The molecule has 2 fully saturated rings. The van der Waals surface area contributed by atoms with Gasteiger partial charge in [-0.15, -0.1) is 0 Å². The molecule has 9 nitrogen and oxygen atoms in total. The zero-order valence-electron chi connectivity index (χ0n) is 18.4. The Bertz CT molecular complexity index is 1260. The second-order valence-electron chi connectivity index (χ2n) is 8.66. The van der Waals surface area contributed by atoms with Crippen molar-refractivity contribution in [3.8, 4) is 0 Å². The molecule has 0 spiro atoms. The van der Waals surface area contributed by atoms with Crippen molar-refractivity contribution in [2.75, 3.05) is 31.5 Å². The van der Waals surface area contributed by atoms with Gasteiger partial charge in [0.05, 0.1) is 0 Å². The van der Waals surface area contributed by atoms with Crippen molar-refractivity contribution < 1.29 is 9.59 Å². The molecule has 9 heteroatoms. The smallest absolute Gasteiger partial charge is 0.322 e. The highest BCUT2D eigenvalue weighted by Gasteiger charge is 2.40. The van der Waals surface area contributed by atoms with Crippen LogP contribution in [-0.2, 0) is 0 Å². The molecular formula is C24H26N6O3. The lowest BCUT2D eigenvalue weighted by Crippen LogP contribution is -2.58. The van der Waals surface area contributed by atoms with Gasteiger partial charge in [-0.2, -0.15) is 0 Å². The number of benzene rings is 1. The fourth-order valence-corrected chi connectivity index (χ4v) is 4.64. The second kappa shape index (κ2) is 8.67. The minimum absolute atomic E-state index is 0.00476. The van der Waals surface area contributed by atoms with Crippen molar-refractivity contribution in [3.63, 3.8) is 0 Å². The lowest BCUT2D eigenvalue weighted by atomic mass is 10.1. The van der Waals surface area contributed by atoms with Crippen LogP contribution in [0.4, 0.5) is 10.5 Å². The van der Waals surface area contributed by atoms with Crippen LogP contribution in [0.3, 0.4) is 0 Å². The van der Waals surface area contributed by atoms with E-state index in [1.807, 2.05) is 42.2 Å². The van der Waals surface area contributed by atoms with Crippen molar-refractivity contribution in [2.45, 2.75) is 25.4 Å². The van der Waals surface area contributed by atoms with Crippen LogP contribution in [0.5, 0.6) is 0 Å². The molecule has 5 rings (SSSR count). The predicted octanol–water partition coefficient (Wildman–Crippen LogP) is 1.72. The van der Waals surface area contributed by atoms with E-state index in [9.17, 15) is 14.4 Å². The molecule has 3 aromatic rings. The van der Waals surface area contributed by atoms with Gasteiger partial charge in [-0.25, -0.2) is 9.78 Å². The molecular weight excluding hydrogens is 420 g/mol. The number of para-hydroxylation sites is 1. The van der Waals surface area contributed by atoms with Crippen molar-refractivity contribution >= 4 is 23.3 Å². The Labute approximate surface area is 191 Å². The molecule has 2 bridgehead atoms. The Morgan fingerprint density at radius 2 is 1.97 bits per heavy atom. The van der Waals surface area contributed by atoms with Crippen LogP contribution < -0.4 is 16.2 Å². The number of pyridine rings is 1. The number of amides is 3. The molecule has 2 saturated heterocycles. The molecule has 0 radical (unpaired) electrons. The number of nitrogens with zero attached hydrogens (tertiary/aromatic N) is 4. The molecule has 170 valence electrons. The van der Waals surface area contributed by atoms with Gasteiger partial charge in [0, 0.05) is 56.3 Å². The average molecular weight is 447 g/mol. The van der Waals surface area contributed by atoms with Crippen LogP contribution in [0, 0.1) is 6.92 Å². The normalized spacial score (nSPS) is 21.7. The Hall–Kier alpha value is -3.72. The van der Waals surface area contributed by atoms with E-state index in [1.54, 1.807) is 18.3 Å². The molecule has 2 aliphatic rings. The number of carbonyl (C=O) groups is 2. The van der Waals surface area contributed by atoms with Crippen LogP contribution in [-0.4, -0.2) is 69.4 Å². The molecule has 4 heterocycles. The van der Waals surface area contributed by atoms with Gasteiger partial charge in [0.25, 0.3) is 11.5 Å². The first kappa shape index (κ1) is 21.1. The lowest BCUT2D eigenvalue weighted by molar-refractivity contribution is 0.0881. The van der Waals surface area contributed by atoms with Gasteiger partial charge in [-0.1, -0.05) is 18.2 Å². The summed E-state index contributed by atoms with van der Waals surface area (Å²) >= 11 is 0. The van der Waals surface area contributed by atoms with Crippen molar-refractivity contribution in [3.05, 3.63) is 76.3 Å². The van der Waals surface area contributed by atoms with E-state index in [-0.39, 0.29) is 23.7 Å². The highest BCUT2D eigenvalue weighted by atomic mass is 16.2. The number of piperazine rings is 1. The van der Waals surface area contributed by atoms with E-state index in [4.69, 9.17) is 0 Å². The molecule has 33 heavy (non-hydrogen) atoms.